The molecule has 0 aromatic heterocycles. The minimum absolute atomic E-state index is 0.0679. The van der Waals surface area contributed by atoms with Crippen molar-refractivity contribution in [1.29, 1.82) is 0 Å². The second kappa shape index (κ2) is 12.8. The third kappa shape index (κ3) is 8.20. The van der Waals surface area contributed by atoms with Crippen molar-refractivity contribution in [3.05, 3.63) is 59.7 Å². The average molecular weight is 563 g/mol. The monoisotopic (exact) mass is 562 g/mol. The van der Waals surface area contributed by atoms with E-state index in [1.807, 2.05) is 19.1 Å². The standard InChI is InChI=1S/C28H33F3N4O5/c1-16(2)12-23(25(37)35-14-20(26(38)39)21(15-35)28(29,30)31)33-24(36)13-18-8-10-19(11-9-18)32-27(40)34-22-7-5-4-6-17(22)3/h4-11,16,20-21,23H,12-15H2,1-3H3,(H,33,36)(H,38,39)(H2,32,34,40)/t20-,21?,23+/m1/s1. The summed E-state index contributed by atoms with van der Waals surface area (Å²) in [6.45, 7) is 4.13. The van der Waals surface area contributed by atoms with Crippen LogP contribution < -0.4 is 16.0 Å². The second-order valence-electron chi connectivity index (χ2n) is 10.4. The molecule has 4 N–H and O–H groups in total. The fraction of sp³-hybridized carbons (Fsp3) is 0.429. The van der Waals surface area contributed by atoms with Crippen molar-refractivity contribution < 1.29 is 37.5 Å². The zero-order valence-electron chi connectivity index (χ0n) is 22.4. The summed E-state index contributed by atoms with van der Waals surface area (Å²) in [7, 11) is 0. The molecule has 0 radical (unpaired) electrons. The molecular formula is C28H33F3N4O5. The van der Waals surface area contributed by atoms with Crippen molar-refractivity contribution in [1.82, 2.24) is 10.2 Å². The fourth-order valence-corrected chi connectivity index (χ4v) is 4.61. The number of para-hydroxylation sites is 1. The first kappa shape index (κ1) is 30.5. The lowest BCUT2D eigenvalue weighted by Gasteiger charge is -2.26. The van der Waals surface area contributed by atoms with Crippen molar-refractivity contribution in [2.24, 2.45) is 17.8 Å². The highest BCUT2D eigenvalue weighted by Crippen LogP contribution is 2.38. The van der Waals surface area contributed by atoms with Gasteiger partial charge in [0.1, 0.15) is 6.04 Å². The summed E-state index contributed by atoms with van der Waals surface area (Å²) in [6, 6.07) is 12.3. The van der Waals surface area contributed by atoms with Crippen LogP contribution in [-0.4, -0.2) is 59.1 Å². The maximum absolute atomic E-state index is 13.4. The molecule has 3 atom stereocenters. The zero-order chi connectivity index (χ0) is 29.6. The Morgan fingerprint density at radius 2 is 1.65 bits per heavy atom. The summed E-state index contributed by atoms with van der Waals surface area (Å²) in [5.74, 6) is -6.87. The van der Waals surface area contributed by atoms with E-state index in [-0.39, 0.29) is 18.8 Å². The van der Waals surface area contributed by atoms with Gasteiger partial charge in [-0.2, -0.15) is 13.2 Å². The van der Waals surface area contributed by atoms with Gasteiger partial charge in [-0.1, -0.05) is 44.2 Å². The molecule has 0 saturated carbocycles. The lowest BCUT2D eigenvalue weighted by molar-refractivity contribution is -0.188. The lowest BCUT2D eigenvalue weighted by Crippen LogP contribution is -2.49. The van der Waals surface area contributed by atoms with Gasteiger partial charge >= 0.3 is 18.2 Å². The lowest BCUT2D eigenvalue weighted by atomic mass is 9.96. The van der Waals surface area contributed by atoms with E-state index >= 15 is 0 Å². The van der Waals surface area contributed by atoms with Gasteiger partial charge in [0.05, 0.1) is 18.3 Å². The Morgan fingerprint density at radius 3 is 2.20 bits per heavy atom. The molecule has 216 valence electrons. The highest BCUT2D eigenvalue weighted by Gasteiger charge is 2.54. The van der Waals surface area contributed by atoms with Crippen LogP contribution >= 0.6 is 0 Å². The summed E-state index contributed by atoms with van der Waals surface area (Å²) in [5, 5.41) is 17.3. The molecule has 1 fully saturated rings. The average Bonchev–Trinajstić information content (AvgIpc) is 3.32. The number of nitrogens with zero attached hydrogens (tertiary/aromatic N) is 1. The molecule has 2 aromatic rings. The number of likely N-dealkylation sites (tertiary alicyclic amines) is 1. The minimum Gasteiger partial charge on any atom is -0.481 e. The van der Waals surface area contributed by atoms with Crippen LogP contribution in [0.25, 0.3) is 0 Å². The molecule has 0 aliphatic carbocycles. The van der Waals surface area contributed by atoms with Gasteiger partial charge in [-0.15, -0.1) is 0 Å². The number of aryl methyl sites for hydroxylation is 1. The number of carboxylic acid groups (broad SMARTS) is 1. The molecule has 1 heterocycles. The molecule has 0 bridgehead atoms. The predicted octanol–water partition coefficient (Wildman–Crippen LogP) is 4.43. The maximum Gasteiger partial charge on any atom is 0.394 e. The van der Waals surface area contributed by atoms with Crippen LogP contribution in [0.15, 0.2) is 48.5 Å². The van der Waals surface area contributed by atoms with E-state index in [1.165, 1.54) is 0 Å². The van der Waals surface area contributed by atoms with E-state index in [0.29, 0.717) is 16.9 Å². The molecule has 1 aliphatic rings. The Balaban J connectivity index is 1.60. The van der Waals surface area contributed by atoms with E-state index in [4.69, 9.17) is 0 Å². The van der Waals surface area contributed by atoms with E-state index < -0.39 is 61.0 Å². The Morgan fingerprint density at radius 1 is 1.00 bits per heavy atom. The Labute approximate surface area is 230 Å². The zero-order valence-corrected chi connectivity index (χ0v) is 22.4. The summed E-state index contributed by atoms with van der Waals surface area (Å²) in [6.07, 6.45) is -4.70. The quantitative estimate of drug-likeness (QED) is 0.360. The largest absolute Gasteiger partial charge is 0.481 e. The third-order valence-corrected chi connectivity index (χ3v) is 6.68. The van der Waals surface area contributed by atoms with Crippen molar-refractivity contribution in [2.75, 3.05) is 23.7 Å². The van der Waals surface area contributed by atoms with Crippen molar-refractivity contribution in [3.8, 4) is 0 Å². The van der Waals surface area contributed by atoms with Gasteiger partial charge in [0.15, 0.2) is 0 Å². The van der Waals surface area contributed by atoms with Gasteiger partial charge in [0, 0.05) is 24.5 Å². The van der Waals surface area contributed by atoms with Crippen LogP contribution in [0.1, 0.15) is 31.4 Å². The molecule has 12 heteroatoms. The number of carboxylic acids is 1. The van der Waals surface area contributed by atoms with Crippen LogP contribution in [0.4, 0.5) is 29.3 Å². The predicted molar refractivity (Wildman–Crippen MR) is 143 cm³/mol. The van der Waals surface area contributed by atoms with Gasteiger partial charge in [-0.05, 0) is 48.6 Å². The van der Waals surface area contributed by atoms with Crippen LogP contribution in [0.5, 0.6) is 0 Å². The molecular weight excluding hydrogens is 529 g/mol. The summed E-state index contributed by atoms with van der Waals surface area (Å²) >= 11 is 0. The van der Waals surface area contributed by atoms with Crippen molar-refractivity contribution in [3.63, 3.8) is 0 Å². The number of nitrogens with one attached hydrogen (secondary N) is 3. The number of benzene rings is 2. The van der Waals surface area contributed by atoms with Crippen LogP contribution in [-0.2, 0) is 20.8 Å². The SMILES string of the molecule is Cc1ccccc1NC(=O)Nc1ccc(CC(=O)N[C@@H](CC(C)C)C(=O)N2CC(C(F)(F)F)[C@H](C(=O)O)C2)cc1. The van der Waals surface area contributed by atoms with Crippen LogP contribution in [0.3, 0.4) is 0 Å². The number of alkyl halides is 3. The van der Waals surface area contributed by atoms with Gasteiger partial charge in [0.2, 0.25) is 11.8 Å². The topological polar surface area (TPSA) is 128 Å². The molecule has 3 rings (SSSR count). The first-order valence-corrected chi connectivity index (χ1v) is 12.8. The molecule has 1 unspecified atom stereocenters. The van der Waals surface area contributed by atoms with Gasteiger partial charge in [0.25, 0.3) is 0 Å². The Hall–Kier alpha value is -4.09. The summed E-state index contributed by atoms with van der Waals surface area (Å²) in [4.78, 5) is 50.5. The molecule has 40 heavy (non-hydrogen) atoms. The van der Waals surface area contributed by atoms with Crippen molar-refractivity contribution >= 4 is 35.2 Å². The highest BCUT2D eigenvalue weighted by atomic mass is 19.4. The number of rotatable bonds is 9. The Kier molecular flexibility index (Phi) is 9.78. The van der Waals surface area contributed by atoms with Gasteiger partial charge in [-0.3, -0.25) is 14.4 Å². The van der Waals surface area contributed by atoms with Gasteiger partial charge in [-0.25, -0.2) is 4.79 Å². The molecule has 1 aliphatic heterocycles. The first-order valence-electron chi connectivity index (χ1n) is 12.8. The third-order valence-electron chi connectivity index (χ3n) is 6.68. The minimum atomic E-state index is -4.77. The number of amides is 4. The fourth-order valence-electron chi connectivity index (χ4n) is 4.61. The molecule has 9 nitrogen and oxygen atoms in total. The summed E-state index contributed by atoms with van der Waals surface area (Å²) < 4.78 is 40.2. The molecule has 0 spiro atoms. The summed E-state index contributed by atoms with van der Waals surface area (Å²) in [5.41, 5.74) is 2.65. The molecule has 4 amide bonds. The van der Waals surface area contributed by atoms with Crippen LogP contribution in [0, 0.1) is 24.7 Å². The second-order valence-corrected chi connectivity index (χ2v) is 10.4. The normalized spacial score (nSPS) is 17.8. The number of carbonyl (C=O) groups excluding carboxylic acids is 3. The number of hydrogen-bond acceptors (Lipinski definition) is 4. The Bertz CT molecular complexity index is 1230. The van der Waals surface area contributed by atoms with Crippen molar-refractivity contribution in [2.45, 2.75) is 45.8 Å². The van der Waals surface area contributed by atoms with Crippen LogP contribution in [0.2, 0.25) is 0 Å². The number of urea groups is 1. The maximum atomic E-state index is 13.4. The van der Waals surface area contributed by atoms with E-state index in [9.17, 15) is 37.5 Å². The molecule has 2 aromatic carbocycles. The van der Waals surface area contributed by atoms with E-state index in [1.54, 1.807) is 50.2 Å². The number of aliphatic carboxylic acids is 1. The highest BCUT2D eigenvalue weighted by molar-refractivity contribution is 6.00. The smallest absolute Gasteiger partial charge is 0.394 e. The van der Waals surface area contributed by atoms with Gasteiger partial charge < -0.3 is 26.0 Å². The van der Waals surface area contributed by atoms with E-state index in [2.05, 4.69) is 16.0 Å². The first-order chi connectivity index (χ1) is 18.7. The number of carbonyl (C=O) groups is 4. The number of halogens is 3. The van der Waals surface area contributed by atoms with E-state index in [0.717, 1.165) is 10.5 Å². The molecule has 1 saturated heterocycles. The number of hydrogen-bond donors (Lipinski definition) is 4. The number of anilines is 2.